The minimum atomic E-state index is -0.00987. The summed E-state index contributed by atoms with van der Waals surface area (Å²) >= 11 is 3.07. The van der Waals surface area contributed by atoms with Crippen LogP contribution in [0.1, 0.15) is 23.6 Å². The Kier molecular flexibility index (Phi) is 6.47. The Morgan fingerprint density at radius 1 is 1.08 bits per heavy atom. The first-order valence-electron chi connectivity index (χ1n) is 8.62. The number of anilines is 1. The van der Waals surface area contributed by atoms with Crippen LogP contribution in [-0.2, 0) is 17.0 Å². The normalized spacial score (nSPS) is 10.7. The van der Waals surface area contributed by atoms with Crippen molar-refractivity contribution >= 4 is 34.1 Å². The number of hydrogen-bond acceptors (Lipinski definition) is 4. The summed E-state index contributed by atoms with van der Waals surface area (Å²) in [6, 6.07) is 16.8. The molecule has 3 nitrogen and oxygen atoms in total. The third-order valence-corrected chi connectivity index (χ3v) is 5.79. The molecule has 134 valence electrons. The van der Waals surface area contributed by atoms with Crippen LogP contribution in [0, 0.1) is 6.92 Å². The van der Waals surface area contributed by atoms with Gasteiger partial charge in [0.25, 0.3) is 0 Å². The lowest BCUT2D eigenvalue weighted by Gasteiger charge is -2.03. The number of thiazole rings is 1. The van der Waals surface area contributed by atoms with E-state index < -0.39 is 0 Å². The van der Waals surface area contributed by atoms with Gasteiger partial charge in [-0.25, -0.2) is 4.98 Å². The molecule has 0 aliphatic rings. The van der Waals surface area contributed by atoms with E-state index in [1.165, 1.54) is 28.0 Å². The Bertz CT molecular complexity index is 854. The van der Waals surface area contributed by atoms with E-state index in [9.17, 15) is 4.79 Å². The first kappa shape index (κ1) is 18.7. The predicted molar refractivity (Wildman–Crippen MR) is 113 cm³/mol. The van der Waals surface area contributed by atoms with Crippen molar-refractivity contribution in [3.8, 4) is 11.3 Å². The largest absolute Gasteiger partial charge is 0.301 e. The van der Waals surface area contributed by atoms with Gasteiger partial charge in [-0.2, -0.15) is 0 Å². The highest BCUT2D eigenvalue weighted by molar-refractivity contribution is 7.99. The molecule has 1 heterocycles. The number of carbonyl (C=O) groups is 1. The summed E-state index contributed by atoms with van der Waals surface area (Å²) in [7, 11) is 0. The summed E-state index contributed by atoms with van der Waals surface area (Å²) in [6.45, 7) is 4.22. The fourth-order valence-electron chi connectivity index (χ4n) is 2.48. The molecule has 0 fully saturated rings. The monoisotopic (exact) mass is 382 g/mol. The highest BCUT2D eigenvalue weighted by atomic mass is 32.2. The second-order valence-electron chi connectivity index (χ2n) is 6.11. The molecule has 5 heteroatoms. The topological polar surface area (TPSA) is 42.0 Å². The lowest BCUT2D eigenvalue weighted by molar-refractivity contribution is -0.113. The number of rotatable bonds is 7. The molecule has 0 atom stereocenters. The lowest BCUT2D eigenvalue weighted by atomic mass is 10.1. The van der Waals surface area contributed by atoms with Gasteiger partial charge in [-0.15, -0.1) is 23.1 Å². The smallest absolute Gasteiger partial charge is 0.236 e. The first-order chi connectivity index (χ1) is 12.6. The van der Waals surface area contributed by atoms with E-state index in [-0.39, 0.29) is 5.91 Å². The summed E-state index contributed by atoms with van der Waals surface area (Å²) in [5.74, 6) is 1.25. The summed E-state index contributed by atoms with van der Waals surface area (Å²) in [5.41, 5.74) is 5.77. The van der Waals surface area contributed by atoms with Gasteiger partial charge < -0.3 is 5.32 Å². The molecule has 0 spiro atoms. The van der Waals surface area contributed by atoms with Crippen LogP contribution in [0.25, 0.3) is 11.3 Å². The number of nitrogens with zero attached hydrogens (tertiary/aromatic N) is 1. The standard InChI is InChI=1S/C21H22N2OS2/c1-3-16-8-10-18(11-9-16)19-13-26-21(22-19)23-20(24)14-25-12-17-6-4-15(2)5-7-17/h4-11,13H,3,12,14H2,1-2H3,(H,22,23,24). The Labute approximate surface area is 162 Å². The van der Waals surface area contributed by atoms with Crippen LogP contribution < -0.4 is 5.32 Å². The average molecular weight is 383 g/mol. The van der Waals surface area contributed by atoms with Crippen LogP contribution in [0.15, 0.2) is 53.9 Å². The number of hydrogen-bond donors (Lipinski definition) is 1. The molecule has 3 aromatic rings. The van der Waals surface area contributed by atoms with E-state index in [4.69, 9.17) is 0 Å². The number of amides is 1. The Balaban J connectivity index is 1.50. The predicted octanol–water partition coefficient (Wildman–Crippen LogP) is 5.55. The van der Waals surface area contributed by atoms with Gasteiger partial charge in [0.1, 0.15) is 0 Å². The molecule has 26 heavy (non-hydrogen) atoms. The van der Waals surface area contributed by atoms with E-state index in [2.05, 4.69) is 72.7 Å². The number of thioether (sulfide) groups is 1. The molecule has 0 aliphatic carbocycles. The zero-order valence-corrected chi connectivity index (χ0v) is 16.6. The molecule has 3 rings (SSSR count). The van der Waals surface area contributed by atoms with Crippen molar-refractivity contribution in [2.75, 3.05) is 11.1 Å². The Hall–Kier alpha value is -2.11. The molecular weight excluding hydrogens is 360 g/mol. The van der Waals surface area contributed by atoms with E-state index in [0.717, 1.165) is 23.4 Å². The van der Waals surface area contributed by atoms with E-state index >= 15 is 0 Å². The summed E-state index contributed by atoms with van der Waals surface area (Å²) in [5, 5.41) is 5.53. The van der Waals surface area contributed by atoms with Gasteiger partial charge in [0.15, 0.2) is 5.13 Å². The highest BCUT2D eigenvalue weighted by Gasteiger charge is 2.08. The third kappa shape index (κ3) is 5.19. The lowest BCUT2D eigenvalue weighted by Crippen LogP contribution is -2.13. The maximum absolute atomic E-state index is 12.1. The van der Waals surface area contributed by atoms with Crippen molar-refractivity contribution in [1.29, 1.82) is 0 Å². The van der Waals surface area contributed by atoms with E-state index in [1.54, 1.807) is 11.8 Å². The van der Waals surface area contributed by atoms with E-state index in [0.29, 0.717) is 10.9 Å². The third-order valence-electron chi connectivity index (χ3n) is 4.03. The van der Waals surface area contributed by atoms with Gasteiger partial charge in [0.05, 0.1) is 11.4 Å². The van der Waals surface area contributed by atoms with Crippen LogP contribution >= 0.6 is 23.1 Å². The Morgan fingerprint density at radius 2 is 1.77 bits per heavy atom. The summed E-state index contributed by atoms with van der Waals surface area (Å²) in [6.07, 6.45) is 1.03. The van der Waals surface area contributed by atoms with Crippen molar-refractivity contribution in [1.82, 2.24) is 4.98 Å². The number of aryl methyl sites for hydroxylation is 2. The van der Waals surface area contributed by atoms with Gasteiger partial charge in [0, 0.05) is 16.7 Å². The molecule has 1 N–H and O–H groups in total. The van der Waals surface area contributed by atoms with Crippen LogP contribution in [0.3, 0.4) is 0 Å². The number of nitrogens with one attached hydrogen (secondary N) is 1. The number of aromatic nitrogens is 1. The van der Waals surface area contributed by atoms with Crippen molar-refractivity contribution in [3.63, 3.8) is 0 Å². The molecule has 1 amide bonds. The summed E-state index contributed by atoms with van der Waals surface area (Å²) in [4.78, 5) is 16.7. The maximum atomic E-state index is 12.1. The molecule has 0 saturated heterocycles. The molecule has 1 aromatic heterocycles. The molecule has 0 aliphatic heterocycles. The maximum Gasteiger partial charge on any atom is 0.236 e. The minimum Gasteiger partial charge on any atom is -0.301 e. The Morgan fingerprint density at radius 3 is 2.46 bits per heavy atom. The second kappa shape index (κ2) is 9.01. The first-order valence-corrected chi connectivity index (χ1v) is 10.7. The van der Waals surface area contributed by atoms with Gasteiger partial charge in [0.2, 0.25) is 5.91 Å². The molecule has 0 saturated carbocycles. The van der Waals surface area contributed by atoms with Crippen LogP contribution in [0.5, 0.6) is 0 Å². The van der Waals surface area contributed by atoms with Crippen LogP contribution in [0.2, 0.25) is 0 Å². The van der Waals surface area contributed by atoms with Gasteiger partial charge in [-0.05, 0) is 24.5 Å². The fraction of sp³-hybridized carbons (Fsp3) is 0.238. The SMILES string of the molecule is CCc1ccc(-c2csc(NC(=O)CSCc3ccc(C)cc3)n2)cc1. The molecule has 0 unspecified atom stereocenters. The molecule has 0 radical (unpaired) electrons. The van der Waals surface area contributed by atoms with Crippen molar-refractivity contribution in [2.45, 2.75) is 26.0 Å². The molecule has 0 bridgehead atoms. The van der Waals surface area contributed by atoms with Crippen molar-refractivity contribution in [2.24, 2.45) is 0 Å². The molecular formula is C21H22N2OS2. The second-order valence-corrected chi connectivity index (χ2v) is 7.96. The van der Waals surface area contributed by atoms with Gasteiger partial charge in [-0.3, -0.25) is 4.79 Å². The van der Waals surface area contributed by atoms with Gasteiger partial charge >= 0.3 is 0 Å². The minimum absolute atomic E-state index is 0.00987. The van der Waals surface area contributed by atoms with Crippen LogP contribution in [0.4, 0.5) is 5.13 Å². The number of carbonyl (C=O) groups excluding carboxylic acids is 1. The highest BCUT2D eigenvalue weighted by Crippen LogP contribution is 2.25. The quantitative estimate of drug-likeness (QED) is 0.582. The zero-order chi connectivity index (χ0) is 18.4. The fourth-order valence-corrected chi connectivity index (χ4v) is 4.00. The van der Waals surface area contributed by atoms with E-state index in [1.807, 2.05) is 5.38 Å². The summed E-state index contributed by atoms with van der Waals surface area (Å²) < 4.78 is 0. The zero-order valence-electron chi connectivity index (χ0n) is 15.0. The van der Waals surface area contributed by atoms with Crippen LogP contribution in [-0.4, -0.2) is 16.6 Å². The average Bonchev–Trinajstić information content (AvgIpc) is 3.12. The van der Waals surface area contributed by atoms with Gasteiger partial charge in [-0.1, -0.05) is 61.0 Å². The van der Waals surface area contributed by atoms with Crippen molar-refractivity contribution < 1.29 is 4.79 Å². The van der Waals surface area contributed by atoms with Crippen molar-refractivity contribution in [3.05, 3.63) is 70.6 Å². The molecule has 2 aromatic carbocycles. The number of benzene rings is 2.